The summed E-state index contributed by atoms with van der Waals surface area (Å²) in [5, 5.41) is 18.4. The van der Waals surface area contributed by atoms with Crippen molar-refractivity contribution < 1.29 is 19.7 Å². The predicted molar refractivity (Wildman–Crippen MR) is 122 cm³/mol. The van der Waals surface area contributed by atoms with Crippen molar-refractivity contribution in [1.82, 2.24) is 9.97 Å². The van der Waals surface area contributed by atoms with Crippen LogP contribution in [0.5, 0.6) is 11.5 Å². The maximum Gasteiger partial charge on any atom is 0.133 e. The summed E-state index contributed by atoms with van der Waals surface area (Å²) in [6.07, 6.45) is 6.09. The summed E-state index contributed by atoms with van der Waals surface area (Å²) < 4.78 is 11.3. The van der Waals surface area contributed by atoms with E-state index in [0.717, 1.165) is 11.1 Å². The zero-order chi connectivity index (χ0) is 22.4. The molecular weight excluding hydrogens is 408 g/mol. The second kappa shape index (κ2) is 12.9. The molecule has 32 heavy (non-hydrogen) atoms. The Hall–Kier alpha value is -3.62. The lowest BCUT2D eigenvalue weighted by atomic mass is 10.1. The van der Waals surface area contributed by atoms with Crippen molar-refractivity contribution >= 4 is 12.4 Å². The van der Waals surface area contributed by atoms with Gasteiger partial charge in [0.1, 0.15) is 11.5 Å². The van der Waals surface area contributed by atoms with Gasteiger partial charge in [0.25, 0.3) is 0 Å². The SMILES string of the molecule is Oc1ccc(C=NCCOCc2ccc(COCCN=Cc3ccc(O)cn3)cc2)nc1. The zero-order valence-corrected chi connectivity index (χ0v) is 17.7. The molecule has 8 heteroatoms. The van der Waals surface area contributed by atoms with Gasteiger partial charge in [0.2, 0.25) is 0 Å². The van der Waals surface area contributed by atoms with Crippen LogP contribution in [0.4, 0.5) is 0 Å². The second-order valence-electron chi connectivity index (χ2n) is 6.87. The molecule has 0 aliphatic rings. The van der Waals surface area contributed by atoms with Crippen LogP contribution in [0.25, 0.3) is 0 Å². The van der Waals surface area contributed by atoms with E-state index < -0.39 is 0 Å². The van der Waals surface area contributed by atoms with E-state index in [-0.39, 0.29) is 11.5 Å². The molecular formula is C24H26N4O4. The number of ether oxygens (including phenoxy) is 2. The number of aromatic hydroxyl groups is 2. The summed E-state index contributed by atoms with van der Waals surface area (Å²) in [6.45, 7) is 3.15. The van der Waals surface area contributed by atoms with Gasteiger partial charge >= 0.3 is 0 Å². The lowest BCUT2D eigenvalue weighted by molar-refractivity contribution is 0.126. The number of hydrogen-bond acceptors (Lipinski definition) is 8. The van der Waals surface area contributed by atoms with Crippen LogP contribution < -0.4 is 0 Å². The molecule has 2 heterocycles. The number of pyridine rings is 2. The van der Waals surface area contributed by atoms with Crippen LogP contribution in [0.1, 0.15) is 22.5 Å². The smallest absolute Gasteiger partial charge is 0.133 e. The highest BCUT2D eigenvalue weighted by Crippen LogP contribution is 2.08. The first-order valence-electron chi connectivity index (χ1n) is 10.2. The summed E-state index contributed by atoms with van der Waals surface area (Å²) in [7, 11) is 0. The van der Waals surface area contributed by atoms with Gasteiger partial charge in [-0.2, -0.15) is 0 Å². The van der Waals surface area contributed by atoms with Crippen molar-refractivity contribution in [3.8, 4) is 11.5 Å². The van der Waals surface area contributed by atoms with Crippen molar-refractivity contribution in [1.29, 1.82) is 0 Å². The summed E-state index contributed by atoms with van der Waals surface area (Å²) in [5.41, 5.74) is 3.57. The second-order valence-corrected chi connectivity index (χ2v) is 6.87. The summed E-state index contributed by atoms with van der Waals surface area (Å²) >= 11 is 0. The molecule has 0 unspecified atom stereocenters. The number of benzene rings is 1. The van der Waals surface area contributed by atoms with E-state index >= 15 is 0 Å². The average Bonchev–Trinajstić information content (AvgIpc) is 2.81. The summed E-state index contributed by atoms with van der Waals surface area (Å²) in [5.74, 6) is 0.272. The van der Waals surface area contributed by atoms with Crippen LogP contribution in [-0.4, -0.2) is 58.9 Å². The molecule has 166 valence electrons. The Kier molecular flexibility index (Phi) is 9.32. The molecule has 2 aromatic heterocycles. The molecule has 0 atom stereocenters. The van der Waals surface area contributed by atoms with Crippen molar-refractivity contribution in [2.75, 3.05) is 26.3 Å². The molecule has 0 spiro atoms. The highest BCUT2D eigenvalue weighted by Gasteiger charge is 1.97. The van der Waals surface area contributed by atoms with Crippen molar-refractivity contribution in [3.63, 3.8) is 0 Å². The third-order valence-electron chi connectivity index (χ3n) is 4.28. The van der Waals surface area contributed by atoms with E-state index in [2.05, 4.69) is 20.0 Å². The van der Waals surface area contributed by atoms with E-state index in [9.17, 15) is 10.2 Å². The largest absolute Gasteiger partial charge is 0.506 e. The Morgan fingerprint density at radius 1 is 0.656 bits per heavy atom. The van der Waals surface area contributed by atoms with Gasteiger partial charge in [0.15, 0.2) is 0 Å². The maximum atomic E-state index is 9.19. The zero-order valence-electron chi connectivity index (χ0n) is 17.7. The molecule has 3 aromatic rings. The van der Waals surface area contributed by atoms with Gasteiger partial charge in [-0.1, -0.05) is 24.3 Å². The Labute approximate surface area is 187 Å². The van der Waals surface area contributed by atoms with Crippen LogP contribution in [-0.2, 0) is 22.7 Å². The minimum Gasteiger partial charge on any atom is -0.506 e. The molecule has 0 aliphatic carbocycles. The first kappa shape index (κ1) is 23.1. The molecule has 3 rings (SSSR count). The van der Waals surface area contributed by atoms with E-state index in [1.807, 2.05) is 24.3 Å². The molecule has 0 amide bonds. The van der Waals surface area contributed by atoms with Crippen molar-refractivity contribution in [2.24, 2.45) is 9.98 Å². The number of nitrogens with zero attached hydrogens (tertiary/aromatic N) is 4. The molecule has 0 fully saturated rings. The van der Waals surface area contributed by atoms with Gasteiger partial charge in [-0.3, -0.25) is 20.0 Å². The van der Waals surface area contributed by atoms with Gasteiger partial charge in [0.05, 0.1) is 63.3 Å². The fourth-order valence-electron chi connectivity index (χ4n) is 2.61. The maximum absolute atomic E-state index is 9.19. The normalized spacial score (nSPS) is 11.5. The molecule has 0 bridgehead atoms. The van der Waals surface area contributed by atoms with Gasteiger partial charge in [-0.25, -0.2) is 0 Å². The quantitative estimate of drug-likeness (QED) is 0.335. The highest BCUT2D eigenvalue weighted by molar-refractivity contribution is 5.77. The third-order valence-corrected chi connectivity index (χ3v) is 4.28. The lowest BCUT2D eigenvalue weighted by Crippen LogP contribution is -2.01. The molecule has 0 aliphatic heterocycles. The minimum atomic E-state index is 0.136. The molecule has 0 saturated heterocycles. The third kappa shape index (κ3) is 8.63. The van der Waals surface area contributed by atoms with E-state index in [0.29, 0.717) is 50.9 Å². The van der Waals surface area contributed by atoms with Gasteiger partial charge in [-0.15, -0.1) is 0 Å². The van der Waals surface area contributed by atoms with E-state index in [1.165, 1.54) is 12.4 Å². The van der Waals surface area contributed by atoms with Crippen LogP contribution >= 0.6 is 0 Å². The minimum absolute atomic E-state index is 0.136. The number of rotatable bonds is 12. The lowest BCUT2D eigenvalue weighted by Gasteiger charge is -2.06. The number of aromatic nitrogens is 2. The van der Waals surface area contributed by atoms with Crippen LogP contribution in [0.2, 0.25) is 0 Å². The van der Waals surface area contributed by atoms with E-state index in [1.54, 1.807) is 36.7 Å². The first-order valence-corrected chi connectivity index (χ1v) is 10.2. The van der Waals surface area contributed by atoms with Crippen LogP contribution in [0, 0.1) is 0 Å². The fraction of sp³-hybridized carbons (Fsp3) is 0.250. The molecule has 0 radical (unpaired) electrons. The summed E-state index contributed by atoms with van der Waals surface area (Å²) in [4.78, 5) is 16.6. The molecule has 0 saturated carbocycles. The van der Waals surface area contributed by atoms with Gasteiger partial charge in [0, 0.05) is 12.4 Å². The Bertz CT molecular complexity index is 906. The monoisotopic (exact) mass is 434 g/mol. The van der Waals surface area contributed by atoms with Crippen molar-refractivity contribution in [3.05, 3.63) is 83.4 Å². The molecule has 2 N–H and O–H groups in total. The average molecular weight is 434 g/mol. The Morgan fingerprint density at radius 3 is 1.47 bits per heavy atom. The van der Waals surface area contributed by atoms with Crippen LogP contribution in [0.15, 0.2) is 70.9 Å². The van der Waals surface area contributed by atoms with Crippen LogP contribution in [0.3, 0.4) is 0 Å². The standard InChI is InChI=1S/C24H26N4O4/c29-23-7-5-21(27-15-23)13-25-9-11-31-17-19-1-2-20(4-3-19)18-32-12-10-26-14-22-6-8-24(30)16-28-22/h1-8,13-16,29-30H,9-12,17-18H2. The van der Waals surface area contributed by atoms with E-state index in [4.69, 9.17) is 9.47 Å². The van der Waals surface area contributed by atoms with Gasteiger partial charge < -0.3 is 19.7 Å². The topological polar surface area (TPSA) is 109 Å². The van der Waals surface area contributed by atoms with Crippen molar-refractivity contribution in [2.45, 2.75) is 13.2 Å². The predicted octanol–water partition coefficient (Wildman–Crippen LogP) is 3.16. The number of hydrogen-bond donors (Lipinski definition) is 2. The summed E-state index contributed by atoms with van der Waals surface area (Å²) in [6, 6.07) is 14.7. The fourth-order valence-corrected chi connectivity index (χ4v) is 2.61. The molecule has 8 nitrogen and oxygen atoms in total. The Balaban J connectivity index is 1.26. The molecule has 1 aromatic carbocycles. The number of aliphatic imine (C=N–C) groups is 2. The Morgan fingerprint density at radius 2 is 1.09 bits per heavy atom. The van der Waals surface area contributed by atoms with Gasteiger partial charge in [-0.05, 0) is 35.4 Å². The first-order chi connectivity index (χ1) is 15.7. The highest BCUT2D eigenvalue weighted by atomic mass is 16.5.